The number of fused-ring (bicyclic) bond motifs is 3. The molecule has 0 saturated heterocycles. The molecule has 2 heterocycles. The molecule has 0 N–H and O–H groups in total. The third-order valence-corrected chi connectivity index (χ3v) is 4.95. The fraction of sp³-hybridized carbons (Fsp3) is 0.450. The summed E-state index contributed by atoms with van der Waals surface area (Å²) in [6.45, 7) is 5.52. The zero-order valence-electron chi connectivity index (χ0n) is 17.2. The van der Waals surface area contributed by atoms with E-state index in [-0.39, 0.29) is 16.6 Å². The molecule has 1 amide bonds. The lowest BCUT2D eigenvalue weighted by atomic mass is 10.0. The van der Waals surface area contributed by atoms with E-state index in [0.29, 0.717) is 28.5 Å². The number of methoxy groups -OCH3 is 2. The normalized spacial score (nSPS) is 15.4. The van der Waals surface area contributed by atoms with Crippen LogP contribution in [0.5, 0.6) is 5.75 Å². The Bertz CT molecular complexity index is 927. The largest absolute Gasteiger partial charge is 0.495 e. The Kier molecular flexibility index (Phi) is 7.32. The van der Waals surface area contributed by atoms with E-state index in [4.69, 9.17) is 32.7 Å². The fourth-order valence-electron chi connectivity index (χ4n) is 2.98. The number of hydrogen-bond donors (Lipinski definition) is 0. The van der Waals surface area contributed by atoms with E-state index in [1.54, 1.807) is 47.3 Å². The molecule has 3 rings (SSSR count). The number of halogens is 2. The van der Waals surface area contributed by atoms with E-state index in [1.807, 2.05) is 0 Å². The van der Waals surface area contributed by atoms with Crippen LogP contribution in [0.15, 0.2) is 12.3 Å². The summed E-state index contributed by atoms with van der Waals surface area (Å²) in [5, 5.41) is 1.22. The first-order valence-corrected chi connectivity index (χ1v) is 9.53. The fourth-order valence-corrected chi connectivity index (χ4v) is 3.44. The summed E-state index contributed by atoms with van der Waals surface area (Å²) in [6.07, 6.45) is 1.69. The molecule has 158 valence electrons. The van der Waals surface area contributed by atoms with Gasteiger partial charge in [-0.1, -0.05) is 23.2 Å². The first-order chi connectivity index (χ1) is 13.6. The van der Waals surface area contributed by atoms with Gasteiger partial charge in [-0.2, -0.15) is 0 Å². The van der Waals surface area contributed by atoms with Crippen LogP contribution in [0.1, 0.15) is 37.9 Å². The lowest BCUT2D eigenvalue weighted by Crippen LogP contribution is -2.36. The van der Waals surface area contributed by atoms with Crippen molar-refractivity contribution in [2.45, 2.75) is 39.0 Å². The molecule has 0 saturated carbocycles. The molecule has 0 radical (unpaired) electrons. The van der Waals surface area contributed by atoms with Gasteiger partial charge in [-0.3, -0.25) is 9.88 Å². The van der Waals surface area contributed by atoms with Crippen molar-refractivity contribution >= 4 is 46.5 Å². The van der Waals surface area contributed by atoms with Gasteiger partial charge in [0.1, 0.15) is 28.7 Å². The van der Waals surface area contributed by atoms with Gasteiger partial charge in [0, 0.05) is 31.4 Å². The molecular formula is C20H24Cl2N2O5. The molecule has 1 unspecified atom stereocenters. The van der Waals surface area contributed by atoms with Crippen molar-refractivity contribution in [1.82, 2.24) is 9.88 Å². The highest BCUT2D eigenvalue weighted by Gasteiger charge is 2.37. The minimum Gasteiger partial charge on any atom is -0.495 e. The van der Waals surface area contributed by atoms with Crippen LogP contribution < -0.4 is 4.74 Å². The van der Waals surface area contributed by atoms with Crippen LogP contribution in [0.25, 0.3) is 10.9 Å². The Labute approximate surface area is 179 Å². The van der Waals surface area contributed by atoms with Gasteiger partial charge in [0.25, 0.3) is 0 Å². The van der Waals surface area contributed by atoms with Gasteiger partial charge in [-0.25, -0.2) is 4.79 Å². The number of rotatable bonds is 2. The first-order valence-electron chi connectivity index (χ1n) is 8.78. The summed E-state index contributed by atoms with van der Waals surface area (Å²) in [5.74, 6) is 0.401. The number of carbonyl (C=O) groups is 2. The van der Waals surface area contributed by atoms with Crippen molar-refractivity contribution in [1.29, 1.82) is 0 Å². The number of nitrogens with zero attached hydrogens (tertiary/aromatic N) is 2. The van der Waals surface area contributed by atoms with E-state index < -0.39 is 17.7 Å². The summed E-state index contributed by atoms with van der Waals surface area (Å²) in [6, 6.07) is 0.952. The maximum absolute atomic E-state index is 12.5. The van der Waals surface area contributed by atoms with Gasteiger partial charge in [-0.15, -0.1) is 0 Å². The van der Waals surface area contributed by atoms with E-state index in [1.165, 1.54) is 12.0 Å². The van der Waals surface area contributed by atoms with Gasteiger partial charge in [0.2, 0.25) is 0 Å². The minimum atomic E-state index is -0.766. The Balaban J connectivity index is 0.000000941. The number of pyridine rings is 1. The molecule has 0 spiro atoms. The van der Waals surface area contributed by atoms with Crippen molar-refractivity contribution < 1.29 is 23.8 Å². The molecule has 1 aliphatic heterocycles. The third kappa shape index (κ3) is 4.74. The smallest absolute Gasteiger partial charge is 0.411 e. The average molecular weight is 443 g/mol. The molecule has 0 bridgehead atoms. The molecule has 1 aliphatic rings. The van der Waals surface area contributed by atoms with Crippen LogP contribution in [-0.2, 0) is 20.8 Å². The summed E-state index contributed by atoms with van der Waals surface area (Å²) in [4.78, 5) is 29.9. The quantitative estimate of drug-likeness (QED) is 0.621. The highest BCUT2D eigenvalue weighted by molar-refractivity contribution is 6.46. The van der Waals surface area contributed by atoms with Crippen molar-refractivity contribution in [3.63, 3.8) is 0 Å². The topological polar surface area (TPSA) is 78.0 Å². The minimum absolute atomic E-state index is 0.202. The summed E-state index contributed by atoms with van der Waals surface area (Å²) in [7, 11) is 4.74. The number of hydrogen-bond acceptors (Lipinski definition) is 6. The lowest BCUT2D eigenvalue weighted by Gasteiger charge is -2.26. The maximum Gasteiger partial charge on any atom is 0.411 e. The maximum atomic E-state index is 12.5. The van der Waals surface area contributed by atoms with Crippen LogP contribution in [0.2, 0.25) is 10.0 Å². The Morgan fingerprint density at radius 3 is 2.38 bits per heavy atom. The van der Waals surface area contributed by atoms with Gasteiger partial charge in [0.15, 0.2) is 0 Å². The number of aromatic nitrogens is 1. The molecule has 0 fully saturated rings. The molecule has 9 heteroatoms. The van der Waals surface area contributed by atoms with Gasteiger partial charge < -0.3 is 19.0 Å². The number of aldehydes is 1. The second-order valence-electron chi connectivity index (χ2n) is 7.39. The molecule has 1 aromatic heterocycles. The number of ether oxygens (including phenoxy) is 3. The number of amides is 1. The predicted octanol–water partition coefficient (Wildman–Crippen LogP) is 4.80. The molecular weight excluding hydrogens is 419 g/mol. The zero-order chi connectivity index (χ0) is 21.9. The monoisotopic (exact) mass is 442 g/mol. The Hall–Kier alpha value is -2.09. The standard InChI is InChI=1S/C18H18Cl2N2O4.C2H6O/c1-18(2,3)26-17(24)22-7-11-9-5-13(25-4)14(19)15(20)16(9)21-6-10(11)12(22)8-23;1-3-2/h5-6,8,12H,7H2,1-4H3;1-2H3. The molecule has 1 aromatic carbocycles. The van der Waals surface area contributed by atoms with Crippen molar-refractivity contribution in [2.75, 3.05) is 21.3 Å². The van der Waals surface area contributed by atoms with E-state index in [9.17, 15) is 9.59 Å². The van der Waals surface area contributed by atoms with Crippen LogP contribution in [-0.4, -0.2) is 49.2 Å². The highest BCUT2D eigenvalue weighted by atomic mass is 35.5. The second-order valence-corrected chi connectivity index (χ2v) is 8.15. The van der Waals surface area contributed by atoms with Crippen LogP contribution in [0, 0.1) is 0 Å². The van der Waals surface area contributed by atoms with Crippen LogP contribution in [0.3, 0.4) is 0 Å². The second kappa shape index (κ2) is 9.15. The van der Waals surface area contributed by atoms with Gasteiger partial charge in [0.05, 0.1) is 24.2 Å². The van der Waals surface area contributed by atoms with Gasteiger partial charge in [-0.05, 0) is 32.4 Å². The van der Waals surface area contributed by atoms with Crippen molar-refractivity contribution in [2.24, 2.45) is 0 Å². The summed E-state index contributed by atoms with van der Waals surface area (Å²) < 4.78 is 14.9. The Morgan fingerprint density at radius 2 is 1.86 bits per heavy atom. The van der Waals surface area contributed by atoms with E-state index >= 15 is 0 Å². The lowest BCUT2D eigenvalue weighted by molar-refractivity contribution is -0.112. The third-order valence-electron chi connectivity index (χ3n) is 4.11. The van der Waals surface area contributed by atoms with Crippen molar-refractivity contribution in [3.05, 3.63) is 33.4 Å². The number of benzene rings is 1. The molecule has 7 nitrogen and oxygen atoms in total. The molecule has 1 atom stereocenters. The molecule has 0 aliphatic carbocycles. The first kappa shape index (κ1) is 23.2. The van der Waals surface area contributed by atoms with Crippen molar-refractivity contribution in [3.8, 4) is 5.75 Å². The van der Waals surface area contributed by atoms with Crippen LogP contribution in [0.4, 0.5) is 4.79 Å². The van der Waals surface area contributed by atoms with Gasteiger partial charge >= 0.3 is 6.09 Å². The average Bonchev–Trinajstić information content (AvgIpc) is 3.03. The molecule has 2 aromatic rings. The summed E-state index contributed by atoms with van der Waals surface area (Å²) >= 11 is 12.5. The zero-order valence-corrected chi connectivity index (χ0v) is 18.7. The SMILES string of the molecule is COC.COc1cc2c3c(cnc2c(Cl)c1Cl)C(C=O)N(C(=O)OC(C)(C)C)C3. The predicted molar refractivity (Wildman–Crippen MR) is 112 cm³/mol. The Morgan fingerprint density at radius 1 is 1.24 bits per heavy atom. The number of carbonyl (C=O) groups excluding carboxylic acids is 2. The van der Waals surface area contributed by atoms with Crippen LogP contribution >= 0.6 is 23.2 Å². The molecule has 29 heavy (non-hydrogen) atoms. The summed E-state index contributed by atoms with van der Waals surface area (Å²) in [5.41, 5.74) is 1.24. The van der Waals surface area contributed by atoms with E-state index in [2.05, 4.69) is 9.72 Å². The van der Waals surface area contributed by atoms with E-state index in [0.717, 1.165) is 5.56 Å². The highest BCUT2D eigenvalue weighted by Crippen LogP contribution is 2.43.